The first-order chi connectivity index (χ1) is 15.2. The lowest BCUT2D eigenvalue weighted by molar-refractivity contribution is 0.102. The minimum Gasteiger partial charge on any atom is -0.357 e. The highest BCUT2D eigenvalue weighted by molar-refractivity contribution is 7.92. The molecule has 1 unspecified atom stereocenters. The van der Waals surface area contributed by atoms with Crippen LogP contribution in [0.25, 0.3) is 0 Å². The lowest BCUT2D eigenvalue weighted by Crippen LogP contribution is -2.35. The van der Waals surface area contributed by atoms with E-state index in [1.165, 1.54) is 30.7 Å². The van der Waals surface area contributed by atoms with Crippen molar-refractivity contribution in [1.82, 2.24) is 9.71 Å². The second-order valence-corrected chi connectivity index (χ2v) is 12.1. The van der Waals surface area contributed by atoms with Crippen molar-refractivity contribution in [2.45, 2.75) is 36.6 Å². The van der Waals surface area contributed by atoms with Gasteiger partial charge in [0, 0.05) is 24.7 Å². The number of carbonyl (C=O) groups excluding carboxylic acids is 1. The summed E-state index contributed by atoms with van der Waals surface area (Å²) in [5.41, 5.74) is 0.851. The Kier molecular flexibility index (Phi) is 6.50. The zero-order valence-corrected chi connectivity index (χ0v) is 19.2. The van der Waals surface area contributed by atoms with Gasteiger partial charge in [0.05, 0.1) is 28.3 Å². The van der Waals surface area contributed by atoms with Gasteiger partial charge in [-0.3, -0.25) is 4.79 Å². The largest absolute Gasteiger partial charge is 0.357 e. The second-order valence-electron chi connectivity index (χ2n) is 8.15. The molecule has 0 spiro atoms. The lowest BCUT2D eigenvalue weighted by Gasteiger charge is -2.27. The molecule has 9 nitrogen and oxygen atoms in total. The van der Waals surface area contributed by atoms with Gasteiger partial charge >= 0.3 is 0 Å². The molecular formula is C21H26N4O5S2. The molecule has 0 bridgehead atoms. The molecule has 1 amide bonds. The van der Waals surface area contributed by atoms with Crippen molar-refractivity contribution in [2.24, 2.45) is 0 Å². The number of sulfonamides is 1. The maximum atomic E-state index is 12.5. The number of sulfone groups is 1. The van der Waals surface area contributed by atoms with Crippen LogP contribution in [0.2, 0.25) is 0 Å². The van der Waals surface area contributed by atoms with Gasteiger partial charge in [-0.05, 0) is 62.1 Å². The van der Waals surface area contributed by atoms with E-state index in [4.69, 9.17) is 0 Å². The van der Waals surface area contributed by atoms with Gasteiger partial charge in [0.2, 0.25) is 10.0 Å². The zero-order valence-electron chi connectivity index (χ0n) is 17.5. The van der Waals surface area contributed by atoms with Crippen LogP contribution in [0, 0.1) is 0 Å². The maximum Gasteiger partial charge on any atom is 0.255 e. The summed E-state index contributed by atoms with van der Waals surface area (Å²) in [7, 11) is -7.07. The van der Waals surface area contributed by atoms with Crippen LogP contribution in [0.5, 0.6) is 0 Å². The standard InChI is InChI=1S/C21H26N4O5S2/c26-21(23-17-6-9-20(22-14-17)25-11-2-1-3-12-25)16-4-7-19(8-5-16)32(29,30)24-18-10-13-31(27,28)15-18/h4-9,14,18,24H,1-3,10-13,15H2,(H,23,26). The maximum absolute atomic E-state index is 12.5. The van der Waals surface area contributed by atoms with E-state index in [0.717, 1.165) is 31.7 Å². The van der Waals surface area contributed by atoms with Gasteiger partial charge in [-0.1, -0.05) is 0 Å². The predicted octanol–water partition coefficient (Wildman–Crippen LogP) is 1.79. The van der Waals surface area contributed by atoms with Crippen molar-refractivity contribution in [1.29, 1.82) is 0 Å². The number of pyridine rings is 1. The Morgan fingerprint density at radius 2 is 1.75 bits per heavy atom. The smallest absolute Gasteiger partial charge is 0.255 e. The number of hydrogen-bond acceptors (Lipinski definition) is 7. The van der Waals surface area contributed by atoms with Crippen molar-refractivity contribution < 1.29 is 21.6 Å². The van der Waals surface area contributed by atoms with Crippen LogP contribution in [0.4, 0.5) is 11.5 Å². The first-order valence-electron chi connectivity index (χ1n) is 10.6. The summed E-state index contributed by atoms with van der Waals surface area (Å²) in [6.45, 7) is 1.97. The van der Waals surface area contributed by atoms with Gasteiger partial charge in [-0.2, -0.15) is 0 Å². The lowest BCUT2D eigenvalue weighted by atomic mass is 10.1. The van der Waals surface area contributed by atoms with Crippen LogP contribution in [-0.2, 0) is 19.9 Å². The molecule has 0 saturated carbocycles. The number of benzene rings is 1. The summed E-state index contributed by atoms with van der Waals surface area (Å²) in [5, 5.41) is 2.76. The van der Waals surface area contributed by atoms with Crippen molar-refractivity contribution in [2.75, 3.05) is 34.8 Å². The predicted molar refractivity (Wildman–Crippen MR) is 122 cm³/mol. The minimum absolute atomic E-state index is 0.0207. The van der Waals surface area contributed by atoms with E-state index in [2.05, 4.69) is 19.9 Å². The summed E-state index contributed by atoms with van der Waals surface area (Å²) in [4.78, 5) is 19.2. The number of hydrogen-bond donors (Lipinski definition) is 2. The molecule has 1 atom stereocenters. The van der Waals surface area contributed by atoms with Crippen LogP contribution < -0.4 is 14.9 Å². The summed E-state index contributed by atoms with van der Waals surface area (Å²) in [5.74, 6) is 0.293. The van der Waals surface area contributed by atoms with Crippen molar-refractivity contribution in [3.63, 3.8) is 0 Å². The third kappa shape index (κ3) is 5.45. The molecule has 0 aliphatic carbocycles. The molecule has 1 aromatic heterocycles. The monoisotopic (exact) mass is 478 g/mol. The number of piperidine rings is 1. The highest BCUT2D eigenvalue weighted by Gasteiger charge is 2.31. The van der Waals surface area contributed by atoms with Gasteiger partial charge in [0.25, 0.3) is 5.91 Å². The Balaban J connectivity index is 1.37. The second kappa shape index (κ2) is 9.16. The number of aromatic nitrogens is 1. The Labute approximate surface area is 188 Å². The van der Waals surface area contributed by atoms with Crippen LogP contribution in [0.3, 0.4) is 0 Å². The van der Waals surface area contributed by atoms with Crippen molar-refractivity contribution >= 4 is 37.3 Å². The van der Waals surface area contributed by atoms with Gasteiger partial charge in [-0.15, -0.1) is 0 Å². The van der Waals surface area contributed by atoms with E-state index in [-0.39, 0.29) is 28.7 Å². The Bertz CT molecular complexity index is 1170. The molecule has 2 aliphatic heterocycles. The summed E-state index contributed by atoms with van der Waals surface area (Å²) >= 11 is 0. The summed E-state index contributed by atoms with van der Waals surface area (Å²) < 4.78 is 50.6. The van der Waals surface area contributed by atoms with E-state index < -0.39 is 25.9 Å². The van der Waals surface area contributed by atoms with E-state index in [1.54, 1.807) is 12.3 Å². The fraction of sp³-hybridized carbons (Fsp3) is 0.429. The van der Waals surface area contributed by atoms with Crippen LogP contribution in [-0.4, -0.2) is 58.4 Å². The minimum atomic E-state index is -3.87. The van der Waals surface area contributed by atoms with E-state index in [9.17, 15) is 21.6 Å². The Morgan fingerprint density at radius 3 is 2.34 bits per heavy atom. The van der Waals surface area contributed by atoms with Gasteiger partial charge in [0.15, 0.2) is 9.84 Å². The highest BCUT2D eigenvalue weighted by Crippen LogP contribution is 2.20. The van der Waals surface area contributed by atoms with Crippen LogP contribution >= 0.6 is 0 Å². The zero-order chi connectivity index (χ0) is 22.8. The van der Waals surface area contributed by atoms with Crippen LogP contribution in [0.15, 0.2) is 47.5 Å². The fourth-order valence-corrected chi connectivity index (χ4v) is 6.98. The molecule has 172 valence electrons. The Morgan fingerprint density at radius 1 is 1.03 bits per heavy atom. The van der Waals surface area contributed by atoms with Gasteiger partial charge in [0.1, 0.15) is 5.82 Å². The first-order valence-corrected chi connectivity index (χ1v) is 13.9. The number of nitrogens with one attached hydrogen (secondary N) is 2. The normalized spacial score (nSPS) is 20.8. The topological polar surface area (TPSA) is 126 Å². The molecule has 2 N–H and O–H groups in total. The molecule has 2 aliphatic rings. The van der Waals surface area contributed by atoms with Crippen molar-refractivity contribution in [3.05, 3.63) is 48.2 Å². The molecule has 2 saturated heterocycles. The average Bonchev–Trinajstić information content (AvgIpc) is 3.12. The van der Waals surface area contributed by atoms with E-state index in [0.29, 0.717) is 11.3 Å². The Hall–Kier alpha value is -2.50. The van der Waals surface area contributed by atoms with E-state index in [1.807, 2.05) is 6.07 Å². The molecule has 32 heavy (non-hydrogen) atoms. The SMILES string of the molecule is O=C(Nc1ccc(N2CCCCC2)nc1)c1ccc(S(=O)(=O)NC2CCS(=O)(=O)C2)cc1. The number of carbonyl (C=O) groups is 1. The van der Waals surface area contributed by atoms with Crippen molar-refractivity contribution in [3.8, 4) is 0 Å². The molecule has 1 aromatic carbocycles. The van der Waals surface area contributed by atoms with E-state index >= 15 is 0 Å². The first kappa shape index (κ1) is 22.7. The number of rotatable bonds is 6. The summed E-state index contributed by atoms with van der Waals surface area (Å²) in [6, 6.07) is 8.55. The quantitative estimate of drug-likeness (QED) is 0.648. The van der Waals surface area contributed by atoms with Gasteiger partial charge < -0.3 is 10.2 Å². The molecule has 2 aromatic rings. The third-order valence-electron chi connectivity index (χ3n) is 5.67. The number of nitrogens with zero attached hydrogens (tertiary/aromatic N) is 2. The molecule has 3 heterocycles. The molecule has 11 heteroatoms. The third-order valence-corrected chi connectivity index (χ3v) is 8.97. The highest BCUT2D eigenvalue weighted by atomic mass is 32.2. The molecule has 0 radical (unpaired) electrons. The summed E-state index contributed by atoms with van der Waals surface area (Å²) in [6.07, 6.45) is 5.42. The fourth-order valence-electron chi connectivity index (χ4n) is 3.93. The van der Waals surface area contributed by atoms with Crippen LogP contribution in [0.1, 0.15) is 36.0 Å². The average molecular weight is 479 g/mol. The molecule has 2 fully saturated rings. The molecule has 4 rings (SSSR count). The molecular weight excluding hydrogens is 452 g/mol. The number of anilines is 2. The number of amides is 1. The van der Waals surface area contributed by atoms with Gasteiger partial charge in [-0.25, -0.2) is 26.5 Å².